The van der Waals surface area contributed by atoms with Crippen LogP contribution in [0.25, 0.3) is 0 Å². The van der Waals surface area contributed by atoms with Crippen molar-refractivity contribution in [3.8, 4) is 0 Å². The zero-order valence-electron chi connectivity index (χ0n) is 25.1. The summed E-state index contributed by atoms with van der Waals surface area (Å²) in [6, 6.07) is 21.9. The fourth-order valence-corrected chi connectivity index (χ4v) is 5.90. The maximum absolute atomic E-state index is 14.0. The molecule has 0 unspecified atom stereocenters. The first-order valence-corrected chi connectivity index (χ1v) is 16.5. The van der Waals surface area contributed by atoms with E-state index < -0.39 is 16.1 Å². The second-order valence-corrected chi connectivity index (χ2v) is 13.2. The van der Waals surface area contributed by atoms with E-state index in [2.05, 4.69) is 5.32 Å². The number of carbonyl (C=O) groups is 2. The zero-order valence-corrected chi connectivity index (χ0v) is 26.7. The Balaban J connectivity index is 1.90. The van der Waals surface area contributed by atoms with Crippen molar-refractivity contribution >= 4 is 39.1 Å². The molecule has 1 N–H and O–H groups in total. The number of aryl methyl sites for hydroxylation is 2. The number of nitrogens with one attached hydrogen (secondary N) is 1. The third-order valence-electron chi connectivity index (χ3n) is 7.34. The summed E-state index contributed by atoms with van der Waals surface area (Å²) in [7, 11) is -3.63. The predicted octanol–water partition coefficient (Wildman–Crippen LogP) is 6.06. The summed E-state index contributed by atoms with van der Waals surface area (Å²) < 4.78 is 26.8. The molecular formula is C33H42ClN3O4S. The van der Waals surface area contributed by atoms with Crippen LogP contribution in [-0.2, 0) is 32.6 Å². The van der Waals surface area contributed by atoms with Crippen molar-refractivity contribution in [2.75, 3.05) is 17.1 Å². The lowest BCUT2D eigenvalue weighted by Crippen LogP contribution is -2.52. The van der Waals surface area contributed by atoms with Crippen LogP contribution >= 0.6 is 11.6 Å². The third-order valence-corrected chi connectivity index (χ3v) is 8.75. The molecule has 0 saturated carbocycles. The van der Waals surface area contributed by atoms with Crippen molar-refractivity contribution in [2.45, 2.75) is 72.0 Å². The van der Waals surface area contributed by atoms with Crippen LogP contribution < -0.4 is 9.62 Å². The van der Waals surface area contributed by atoms with Gasteiger partial charge in [0.15, 0.2) is 0 Å². The number of sulfonamides is 1. The van der Waals surface area contributed by atoms with Crippen molar-refractivity contribution in [2.24, 2.45) is 0 Å². The molecule has 2 amide bonds. The minimum atomic E-state index is -3.63. The van der Waals surface area contributed by atoms with Crippen LogP contribution in [0.15, 0.2) is 72.8 Å². The van der Waals surface area contributed by atoms with E-state index in [-0.39, 0.29) is 43.8 Å². The molecule has 9 heteroatoms. The molecule has 0 fully saturated rings. The number of halogens is 1. The number of hydrogen-bond donors (Lipinski definition) is 1. The molecule has 2 atom stereocenters. The zero-order chi connectivity index (χ0) is 30.9. The third kappa shape index (κ3) is 9.60. The summed E-state index contributed by atoms with van der Waals surface area (Å²) in [5.41, 5.74) is 4.22. The minimum absolute atomic E-state index is 0.0450. The summed E-state index contributed by atoms with van der Waals surface area (Å²) in [4.78, 5) is 29.3. The number of anilines is 1. The summed E-state index contributed by atoms with van der Waals surface area (Å²) in [6.07, 6.45) is 2.61. The van der Waals surface area contributed by atoms with Gasteiger partial charge in [-0.3, -0.25) is 13.9 Å². The van der Waals surface area contributed by atoms with Gasteiger partial charge in [0.2, 0.25) is 21.8 Å². The number of hydrogen-bond acceptors (Lipinski definition) is 4. The van der Waals surface area contributed by atoms with E-state index >= 15 is 0 Å². The lowest BCUT2D eigenvalue weighted by Gasteiger charge is -2.33. The molecular weight excluding hydrogens is 570 g/mol. The van der Waals surface area contributed by atoms with Crippen LogP contribution in [0, 0.1) is 13.8 Å². The van der Waals surface area contributed by atoms with Crippen molar-refractivity contribution in [1.29, 1.82) is 0 Å². The average molecular weight is 612 g/mol. The normalized spacial score (nSPS) is 12.8. The lowest BCUT2D eigenvalue weighted by atomic mass is 10.0. The van der Waals surface area contributed by atoms with E-state index in [1.54, 1.807) is 23.1 Å². The second kappa shape index (κ2) is 15.2. The first kappa shape index (κ1) is 33.1. The highest BCUT2D eigenvalue weighted by atomic mass is 35.5. The summed E-state index contributed by atoms with van der Waals surface area (Å²) in [5.74, 6) is -0.423. The fraction of sp³-hybridized carbons (Fsp3) is 0.394. The highest BCUT2D eigenvalue weighted by Gasteiger charge is 2.31. The van der Waals surface area contributed by atoms with E-state index in [1.165, 1.54) is 4.31 Å². The summed E-state index contributed by atoms with van der Waals surface area (Å²) in [6.45, 7) is 8.13. The standard InChI is InChI=1S/C33H42ClN3O4S/c1-6-26(4)35-33(39)31(21-27-11-8-7-9-12-27)36(23-28-17-14-24(2)15-18-28)32(38)13-10-20-37(42(5,40)41)30-22-29(34)19-16-25(30)3/h7-9,11-12,14-19,22,26,31H,6,10,13,20-21,23H2,1-5H3,(H,35,39)/t26-,31+/m0/s1. The smallest absolute Gasteiger partial charge is 0.243 e. The maximum Gasteiger partial charge on any atom is 0.243 e. The number of nitrogens with zero attached hydrogens (tertiary/aromatic N) is 2. The van der Waals surface area contributed by atoms with E-state index in [0.29, 0.717) is 17.1 Å². The molecule has 0 aromatic heterocycles. The molecule has 3 rings (SSSR count). The van der Waals surface area contributed by atoms with Crippen LogP contribution in [0.5, 0.6) is 0 Å². The maximum atomic E-state index is 14.0. The highest BCUT2D eigenvalue weighted by molar-refractivity contribution is 7.92. The first-order valence-electron chi connectivity index (χ1n) is 14.3. The molecule has 0 aliphatic carbocycles. The Labute approximate surface area is 255 Å². The van der Waals surface area contributed by atoms with Gasteiger partial charge in [-0.15, -0.1) is 0 Å². The summed E-state index contributed by atoms with van der Waals surface area (Å²) >= 11 is 6.18. The molecule has 0 bridgehead atoms. The van der Waals surface area contributed by atoms with Gasteiger partial charge in [0, 0.05) is 37.0 Å². The number of rotatable bonds is 14. The topological polar surface area (TPSA) is 86.8 Å². The first-order chi connectivity index (χ1) is 19.9. The quantitative estimate of drug-likeness (QED) is 0.240. The largest absolute Gasteiger partial charge is 0.352 e. The van der Waals surface area contributed by atoms with Gasteiger partial charge < -0.3 is 10.2 Å². The van der Waals surface area contributed by atoms with Gasteiger partial charge in [0.25, 0.3) is 0 Å². The van der Waals surface area contributed by atoms with Gasteiger partial charge in [0.05, 0.1) is 11.9 Å². The predicted molar refractivity (Wildman–Crippen MR) is 171 cm³/mol. The molecule has 0 heterocycles. The van der Waals surface area contributed by atoms with Gasteiger partial charge >= 0.3 is 0 Å². The van der Waals surface area contributed by atoms with Crippen LogP contribution in [0.4, 0.5) is 5.69 Å². The van der Waals surface area contributed by atoms with Crippen molar-refractivity contribution in [1.82, 2.24) is 10.2 Å². The molecule has 7 nitrogen and oxygen atoms in total. The SMILES string of the molecule is CC[C@H](C)NC(=O)[C@@H](Cc1ccccc1)N(Cc1ccc(C)cc1)C(=O)CCCN(c1cc(Cl)ccc1C)S(C)(=O)=O. The Hall–Kier alpha value is -3.36. The molecule has 3 aromatic carbocycles. The Kier molecular flexibility index (Phi) is 12.0. The van der Waals surface area contributed by atoms with E-state index in [4.69, 9.17) is 11.6 Å². The number of carbonyl (C=O) groups excluding carboxylic acids is 2. The molecule has 0 radical (unpaired) electrons. The van der Waals surface area contributed by atoms with Crippen LogP contribution in [0.1, 0.15) is 55.4 Å². The van der Waals surface area contributed by atoms with Gasteiger partial charge in [0.1, 0.15) is 6.04 Å². The Morgan fingerprint density at radius 3 is 2.24 bits per heavy atom. The molecule has 226 valence electrons. The number of amides is 2. The van der Waals surface area contributed by atoms with E-state index in [0.717, 1.165) is 34.9 Å². The van der Waals surface area contributed by atoms with Crippen LogP contribution in [-0.4, -0.2) is 50.0 Å². The molecule has 3 aromatic rings. The van der Waals surface area contributed by atoms with Gasteiger partial charge in [-0.25, -0.2) is 8.42 Å². The molecule has 0 spiro atoms. The van der Waals surface area contributed by atoms with E-state index in [1.807, 2.05) is 82.3 Å². The minimum Gasteiger partial charge on any atom is -0.352 e. The highest BCUT2D eigenvalue weighted by Crippen LogP contribution is 2.27. The Morgan fingerprint density at radius 1 is 0.952 bits per heavy atom. The van der Waals surface area contributed by atoms with Crippen LogP contribution in [0.2, 0.25) is 5.02 Å². The average Bonchev–Trinajstić information content (AvgIpc) is 2.95. The van der Waals surface area contributed by atoms with Crippen molar-refractivity contribution in [3.63, 3.8) is 0 Å². The van der Waals surface area contributed by atoms with Gasteiger partial charge in [-0.1, -0.05) is 84.8 Å². The van der Waals surface area contributed by atoms with Crippen LogP contribution in [0.3, 0.4) is 0 Å². The number of benzene rings is 3. The Morgan fingerprint density at radius 2 is 1.62 bits per heavy atom. The monoisotopic (exact) mass is 611 g/mol. The fourth-order valence-electron chi connectivity index (χ4n) is 4.72. The molecule has 0 saturated heterocycles. The van der Waals surface area contributed by atoms with Gasteiger partial charge in [-0.05, 0) is 62.4 Å². The van der Waals surface area contributed by atoms with E-state index in [9.17, 15) is 18.0 Å². The molecule has 0 aliphatic heterocycles. The molecule has 42 heavy (non-hydrogen) atoms. The molecule has 0 aliphatic rings. The summed E-state index contributed by atoms with van der Waals surface area (Å²) in [5, 5.41) is 3.51. The Bertz CT molecular complexity index is 1450. The van der Waals surface area contributed by atoms with Crippen molar-refractivity contribution in [3.05, 3.63) is 100 Å². The second-order valence-electron chi connectivity index (χ2n) is 10.9. The van der Waals surface area contributed by atoms with Crippen molar-refractivity contribution < 1.29 is 18.0 Å². The van der Waals surface area contributed by atoms with Gasteiger partial charge in [-0.2, -0.15) is 0 Å². The lowest BCUT2D eigenvalue weighted by molar-refractivity contribution is -0.141.